The van der Waals surface area contributed by atoms with E-state index >= 15 is 0 Å². The molecular formula is C21H20FN3S. The van der Waals surface area contributed by atoms with E-state index in [0.717, 1.165) is 30.0 Å². The highest BCUT2D eigenvalue weighted by atomic mass is 32.1. The molecular weight excluding hydrogens is 345 g/mol. The first-order valence-corrected chi connectivity index (χ1v) is 9.08. The van der Waals surface area contributed by atoms with Gasteiger partial charge in [-0.25, -0.2) is 4.39 Å². The summed E-state index contributed by atoms with van der Waals surface area (Å²) >= 11 is 5.71. The predicted molar refractivity (Wildman–Crippen MR) is 107 cm³/mol. The number of nitrogens with one attached hydrogen (secondary N) is 1. The van der Waals surface area contributed by atoms with E-state index < -0.39 is 0 Å². The lowest BCUT2D eigenvalue weighted by molar-refractivity contribution is 0.288. The minimum Gasteiger partial charge on any atom is -0.348 e. The molecule has 0 amide bonds. The van der Waals surface area contributed by atoms with Crippen molar-refractivity contribution in [3.8, 4) is 0 Å². The Kier molecular flexibility index (Phi) is 4.47. The van der Waals surface area contributed by atoms with Gasteiger partial charge in [0.25, 0.3) is 0 Å². The van der Waals surface area contributed by atoms with Gasteiger partial charge in [0, 0.05) is 36.2 Å². The molecule has 1 N–H and O–H groups in total. The van der Waals surface area contributed by atoms with Crippen LogP contribution in [0.3, 0.4) is 0 Å². The van der Waals surface area contributed by atoms with E-state index in [9.17, 15) is 4.39 Å². The summed E-state index contributed by atoms with van der Waals surface area (Å²) in [6, 6.07) is 18.8. The normalized spacial score (nSPS) is 16.2. The number of hydrogen-bond acceptors (Lipinski definition) is 1. The molecule has 26 heavy (non-hydrogen) atoms. The van der Waals surface area contributed by atoms with Crippen molar-refractivity contribution in [3.05, 3.63) is 89.5 Å². The molecule has 5 heteroatoms. The fourth-order valence-corrected chi connectivity index (χ4v) is 3.86. The Morgan fingerprint density at radius 1 is 1.08 bits per heavy atom. The van der Waals surface area contributed by atoms with Crippen molar-refractivity contribution in [2.75, 3.05) is 11.9 Å². The van der Waals surface area contributed by atoms with Gasteiger partial charge in [0.15, 0.2) is 5.11 Å². The van der Waals surface area contributed by atoms with Crippen LogP contribution in [-0.2, 0) is 6.54 Å². The number of aromatic nitrogens is 1. The summed E-state index contributed by atoms with van der Waals surface area (Å²) in [5.74, 6) is -0.212. The maximum atomic E-state index is 14.6. The zero-order chi connectivity index (χ0) is 18.1. The molecule has 0 saturated carbocycles. The summed E-state index contributed by atoms with van der Waals surface area (Å²) in [6.45, 7) is 3.59. The van der Waals surface area contributed by atoms with E-state index in [2.05, 4.69) is 20.9 Å². The zero-order valence-corrected chi connectivity index (χ0v) is 15.3. The van der Waals surface area contributed by atoms with Crippen LogP contribution >= 0.6 is 12.2 Å². The van der Waals surface area contributed by atoms with Gasteiger partial charge in [-0.15, -0.1) is 0 Å². The minimum atomic E-state index is -0.246. The highest BCUT2D eigenvalue weighted by Gasteiger charge is 2.32. The van der Waals surface area contributed by atoms with E-state index in [1.165, 1.54) is 6.07 Å². The largest absolute Gasteiger partial charge is 0.348 e. The Labute approximate surface area is 158 Å². The first-order chi connectivity index (χ1) is 12.6. The first kappa shape index (κ1) is 16.8. The molecule has 132 valence electrons. The van der Waals surface area contributed by atoms with Crippen LogP contribution in [-0.4, -0.2) is 21.1 Å². The molecule has 3 aromatic rings. The number of aryl methyl sites for hydroxylation is 1. The van der Waals surface area contributed by atoms with Crippen molar-refractivity contribution in [3.63, 3.8) is 0 Å². The number of rotatable bonds is 2. The fourth-order valence-electron chi connectivity index (χ4n) is 3.54. The SMILES string of the molecule is Cc1cccc(NC(=S)N2CCn3cccc3[C@H]2c2ccccc2F)c1. The lowest BCUT2D eigenvalue weighted by Crippen LogP contribution is -2.44. The second kappa shape index (κ2) is 6.92. The van der Waals surface area contributed by atoms with Crippen molar-refractivity contribution < 1.29 is 4.39 Å². The van der Waals surface area contributed by atoms with Gasteiger partial charge in [-0.2, -0.15) is 0 Å². The summed E-state index contributed by atoms with van der Waals surface area (Å²) in [5, 5.41) is 3.93. The number of halogens is 1. The van der Waals surface area contributed by atoms with Gasteiger partial charge in [0.05, 0.1) is 6.04 Å². The molecule has 0 bridgehead atoms. The van der Waals surface area contributed by atoms with Crippen LogP contribution in [0.5, 0.6) is 0 Å². The van der Waals surface area contributed by atoms with Crippen molar-refractivity contribution in [1.29, 1.82) is 0 Å². The molecule has 2 aromatic carbocycles. The average Bonchev–Trinajstić information content (AvgIpc) is 3.10. The van der Waals surface area contributed by atoms with Crippen molar-refractivity contribution in [2.24, 2.45) is 0 Å². The number of fused-ring (bicyclic) bond motifs is 1. The highest BCUT2D eigenvalue weighted by molar-refractivity contribution is 7.80. The van der Waals surface area contributed by atoms with Crippen LogP contribution in [0, 0.1) is 12.7 Å². The molecule has 4 rings (SSSR count). The third-order valence-electron chi connectivity index (χ3n) is 4.77. The summed E-state index contributed by atoms with van der Waals surface area (Å²) in [4.78, 5) is 2.07. The quantitative estimate of drug-likeness (QED) is 0.663. The summed E-state index contributed by atoms with van der Waals surface area (Å²) in [5.41, 5.74) is 3.80. The molecule has 1 aliphatic rings. The molecule has 3 nitrogen and oxygen atoms in total. The molecule has 0 spiro atoms. The summed E-state index contributed by atoms with van der Waals surface area (Å²) in [7, 11) is 0. The third kappa shape index (κ3) is 3.10. The monoisotopic (exact) mass is 365 g/mol. The molecule has 0 aliphatic carbocycles. The zero-order valence-electron chi connectivity index (χ0n) is 14.5. The number of anilines is 1. The molecule has 0 fully saturated rings. The topological polar surface area (TPSA) is 20.2 Å². The molecule has 0 unspecified atom stereocenters. The van der Waals surface area contributed by atoms with E-state index in [1.807, 2.05) is 55.6 Å². The van der Waals surface area contributed by atoms with Gasteiger partial charge in [0.2, 0.25) is 0 Å². The molecule has 2 heterocycles. The number of thiocarbonyl (C=S) groups is 1. The lowest BCUT2D eigenvalue weighted by Gasteiger charge is -2.39. The minimum absolute atomic E-state index is 0.212. The van der Waals surface area contributed by atoms with Crippen molar-refractivity contribution >= 4 is 23.0 Å². The fraction of sp³-hybridized carbons (Fsp3) is 0.190. The van der Waals surface area contributed by atoms with Crippen LogP contribution < -0.4 is 5.32 Å². The highest BCUT2D eigenvalue weighted by Crippen LogP contribution is 2.34. The van der Waals surface area contributed by atoms with Gasteiger partial charge >= 0.3 is 0 Å². The second-order valence-electron chi connectivity index (χ2n) is 6.54. The molecule has 0 radical (unpaired) electrons. The lowest BCUT2D eigenvalue weighted by atomic mass is 10.00. The maximum absolute atomic E-state index is 14.6. The number of hydrogen-bond donors (Lipinski definition) is 1. The third-order valence-corrected chi connectivity index (χ3v) is 5.10. The summed E-state index contributed by atoms with van der Waals surface area (Å²) in [6.07, 6.45) is 2.04. The van der Waals surface area contributed by atoms with E-state index in [4.69, 9.17) is 12.2 Å². The Morgan fingerprint density at radius 2 is 1.92 bits per heavy atom. The van der Waals surface area contributed by atoms with E-state index in [1.54, 1.807) is 6.07 Å². The van der Waals surface area contributed by atoms with Crippen molar-refractivity contribution in [1.82, 2.24) is 9.47 Å². The predicted octanol–water partition coefficient (Wildman–Crippen LogP) is 4.74. The standard InChI is InChI=1S/C21H20FN3S/c1-15-6-4-7-16(14-15)23-21(26)25-13-12-24-11-5-10-19(24)20(25)17-8-2-3-9-18(17)22/h2-11,14,20H,12-13H2,1H3,(H,23,26)/t20-/m1/s1. The van der Waals surface area contributed by atoms with Gasteiger partial charge < -0.3 is 14.8 Å². The van der Waals surface area contributed by atoms with Crippen LogP contribution in [0.15, 0.2) is 66.9 Å². The van der Waals surface area contributed by atoms with Crippen LogP contribution in [0.4, 0.5) is 10.1 Å². The Morgan fingerprint density at radius 3 is 2.73 bits per heavy atom. The molecule has 1 atom stereocenters. The van der Waals surface area contributed by atoms with Gasteiger partial charge in [0.1, 0.15) is 5.82 Å². The molecule has 0 saturated heterocycles. The summed E-state index contributed by atoms with van der Waals surface area (Å²) < 4.78 is 16.8. The second-order valence-corrected chi connectivity index (χ2v) is 6.93. The Balaban J connectivity index is 1.70. The van der Waals surface area contributed by atoms with Gasteiger partial charge in [-0.05, 0) is 55.0 Å². The Hall–Kier alpha value is -2.66. The molecule has 1 aromatic heterocycles. The van der Waals surface area contributed by atoms with Crippen LogP contribution in [0.2, 0.25) is 0 Å². The number of benzene rings is 2. The average molecular weight is 365 g/mol. The van der Waals surface area contributed by atoms with E-state index in [-0.39, 0.29) is 11.9 Å². The van der Waals surface area contributed by atoms with Crippen molar-refractivity contribution in [2.45, 2.75) is 19.5 Å². The van der Waals surface area contributed by atoms with Crippen LogP contribution in [0.1, 0.15) is 22.9 Å². The van der Waals surface area contributed by atoms with Crippen LogP contribution in [0.25, 0.3) is 0 Å². The smallest absolute Gasteiger partial charge is 0.174 e. The molecule has 1 aliphatic heterocycles. The number of nitrogens with zero attached hydrogens (tertiary/aromatic N) is 2. The first-order valence-electron chi connectivity index (χ1n) is 8.67. The van der Waals surface area contributed by atoms with E-state index in [0.29, 0.717) is 10.7 Å². The van der Waals surface area contributed by atoms with Gasteiger partial charge in [-0.3, -0.25) is 0 Å². The van der Waals surface area contributed by atoms with Gasteiger partial charge in [-0.1, -0.05) is 30.3 Å². The maximum Gasteiger partial charge on any atom is 0.174 e. The Bertz CT molecular complexity index is 950.